The van der Waals surface area contributed by atoms with E-state index in [0.717, 1.165) is 22.1 Å². The zero-order valence-electron chi connectivity index (χ0n) is 17.8. The minimum absolute atomic E-state index is 0.126. The van der Waals surface area contributed by atoms with Crippen LogP contribution in [-0.2, 0) is 33.5 Å². The van der Waals surface area contributed by atoms with Crippen molar-refractivity contribution in [1.29, 1.82) is 0 Å². The molecule has 0 spiro atoms. The number of hydrogen-bond acceptors (Lipinski definition) is 4. The van der Waals surface area contributed by atoms with Crippen molar-refractivity contribution in [2.45, 2.75) is 45.4 Å². The van der Waals surface area contributed by atoms with Crippen LogP contribution in [0.25, 0.3) is 11.0 Å². The summed E-state index contributed by atoms with van der Waals surface area (Å²) >= 11 is 0. The van der Waals surface area contributed by atoms with Gasteiger partial charge >= 0.3 is 0 Å². The Hall–Kier alpha value is -2.64. The fourth-order valence-electron chi connectivity index (χ4n) is 3.58. The van der Waals surface area contributed by atoms with Crippen LogP contribution in [0, 0.1) is 6.92 Å². The fraction of sp³-hybridized carbons (Fsp3) is 0.348. The Morgan fingerprint density at radius 2 is 1.80 bits per heavy atom. The lowest BCUT2D eigenvalue weighted by Gasteiger charge is -2.11. The lowest BCUT2D eigenvalue weighted by atomic mass is 9.95. The van der Waals surface area contributed by atoms with Gasteiger partial charge in [-0.15, -0.1) is 0 Å². The number of hydrogen-bond donors (Lipinski definition) is 2. The van der Waals surface area contributed by atoms with Gasteiger partial charge in [0.25, 0.3) is 0 Å². The molecule has 0 bridgehead atoms. The van der Waals surface area contributed by atoms with Crippen LogP contribution < -0.4 is 10.0 Å². The van der Waals surface area contributed by atoms with Gasteiger partial charge in [0.1, 0.15) is 5.58 Å². The first-order valence-electron chi connectivity index (χ1n) is 9.95. The highest BCUT2D eigenvalue weighted by Crippen LogP contribution is 2.29. The third-order valence-corrected chi connectivity index (χ3v) is 6.58. The number of carbonyl (C=O) groups is 1. The summed E-state index contributed by atoms with van der Waals surface area (Å²) in [6, 6.07) is 11.3. The van der Waals surface area contributed by atoms with Crippen molar-refractivity contribution in [3.63, 3.8) is 0 Å². The van der Waals surface area contributed by atoms with Gasteiger partial charge in [0.05, 0.1) is 18.4 Å². The molecule has 3 aromatic rings. The van der Waals surface area contributed by atoms with Crippen molar-refractivity contribution in [3.8, 4) is 0 Å². The van der Waals surface area contributed by atoms with Crippen molar-refractivity contribution < 1.29 is 17.6 Å². The molecular weight excluding hydrogens is 400 g/mol. The Kier molecular flexibility index (Phi) is 6.63. The van der Waals surface area contributed by atoms with Crippen LogP contribution >= 0.6 is 0 Å². The summed E-state index contributed by atoms with van der Waals surface area (Å²) in [6.45, 7) is 6.62. The van der Waals surface area contributed by atoms with Gasteiger partial charge in [0.15, 0.2) is 0 Å². The minimum atomic E-state index is -3.39. The summed E-state index contributed by atoms with van der Waals surface area (Å²) in [5, 5.41) is 3.86. The number of fused-ring (bicyclic) bond motifs is 1. The van der Waals surface area contributed by atoms with E-state index in [1.807, 2.05) is 18.2 Å². The number of rotatable bonds is 8. The second-order valence-corrected chi connectivity index (χ2v) is 9.73. The molecule has 1 aromatic heterocycles. The molecule has 0 aliphatic heterocycles. The molecule has 30 heavy (non-hydrogen) atoms. The Morgan fingerprint density at radius 1 is 1.10 bits per heavy atom. The quantitative estimate of drug-likeness (QED) is 0.572. The molecule has 6 nitrogen and oxygen atoms in total. The SMILES string of the molecule is CNS(=O)(=O)Cc1ccccc1CNC(=O)Cc1coc2cc(C)c(C(C)C)cc12. The number of sulfonamides is 1. The van der Waals surface area contributed by atoms with Gasteiger partial charge in [-0.1, -0.05) is 38.1 Å². The molecular formula is C23H28N2O4S. The molecule has 0 radical (unpaired) electrons. The maximum atomic E-state index is 12.6. The fourth-order valence-corrected chi connectivity index (χ4v) is 4.42. The average Bonchev–Trinajstić information content (AvgIpc) is 3.07. The van der Waals surface area contributed by atoms with Gasteiger partial charge < -0.3 is 9.73 Å². The zero-order chi connectivity index (χ0) is 21.9. The van der Waals surface area contributed by atoms with E-state index in [0.29, 0.717) is 11.5 Å². The van der Waals surface area contributed by atoms with Gasteiger partial charge in [-0.05, 0) is 54.3 Å². The number of amides is 1. The van der Waals surface area contributed by atoms with E-state index >= 15 is 0 Å². The van der Waals surface area contributed by atoms with Crippen LogP contribution in [0.15, 0.2) is 47.1 Å². The molecule has 0 atom stereocenters. The molecule has 0 fully saturated rings. The first kappa shape index (κ1) is 22.1. The predicted molar refractivity (Wildman–Crippen MR) is 119 cm³/mol. The maximum absolute atomic E-state index is 12.6. The van der Waals surface area contributed by atoms with E-state index in [-0.39, 0.29) is 24.6 Å². The molecule has 0 aliphatic carbocycles. The molecule has 2 N–H and O–H groups in total. The normalized spacial score (nSPS) is 11.9. The van der Waals surface area contributed by atoms with E-state index in [1.165, 1.54) is 18.2 Å². The Balaban J connectivity index is 1.72. The molecule has 3 rings (SSSR count). The van der Waals surface area contributed by atoms with Gasteiger partial charge in [0, 0.05) is 17.5 Å². The summed E-state index contributed by atoms with van der Waals surface area (Å²) in [7, 11) is -2.00. The van der Waals surface area contributed by atoms with Gasteiger partial charge in [-0.3, -0.25) is 4.79 Å². The van der Waals surface area contributed by atoms with Crippen LogP contribution in [0.3, 0.4) is 0 Å². The minimum Gasteiger partial charge on any atom is -0.464 e. The highest BCUT2D eigenvalue weighted by molar-refractivity contribution is 7.88. The number of furan rings is 1. The van der Waals surface area contributed by atoms with Crippen LogP contribution in [0.1, 0.15) is 47.6 Å². The third-order valence-electron chi connectivity index (χ3n) is 5.27. The number of aryl methyl sites for hydroxylation is 1. The van der Waals surface area contributed by atoms with Crippen molar-refractivity contribution in [2.75, 3.05) is 7.05 Å². The van der Waals surface area contributed by atoms with Crippen LogP contribution in [0.2, 0.25) is 0 Å². The van der Waals surface area contributed by atoms with Crippen LogP contribution in [0.5, 0.6) is 0 Å². The lowest BCUT2D eigenvalue weighted by molar-refractivity contribution is -0.120. The molecule has 7 heteroatoms. The van der Waals surface area contributed by atoms with Crippen LogP contribution in [0.4, 0.5) is 0 Å². The van der Waals surface area contributed by atoms with Crippen LogP contribution in [-0.4, -0.2) is 21.4 Å². The lowest BCUT2D eigenvalue weighted by Crippen LogP contribution is -2.26. The van der Waals surface area contributed by atoms with Crippen molar-refractivity contribution >= 4 is 26.9 Å². The monoisotopic (exact) mass is 428 g/mol. The summed E-state index contributed by atoms with van der Waals surface area (Å²) in [5.74, 6) is 0.117. The van der Waals surface area contributed by atoms with E-state index in [1.54, 1.807) is 18.4 Å². The Bertz CT molecular complexity index is 1160. The van der Waals surface area contributed by atoms with E-state index in [9.17, 15) is 13.2 Å². The van der Waals surface area contributed by atoms with E-state index in [4.69, 9.17) is 4.42 Å². The topological polar surface area (TPSA) is 88.4 Å². The Labute approximate surface area is 177 Å². The molecule has 160 valence electrons. The molecule has 0 saturated heterocycles. The summed E-state index contributed by atoms with van der Waals surface area (Å²) < 4.78 is 31.8. The largest absolute Gasteiger partial charge is 0.464 e. The second-order valence-electron chi connectivity index (χ2n) is 7.81. The standard InChI is InChI=1S/C23H28N2O4S/c1-15(2)20-11-21-19(13-29-22(21)9-16(20)3)10-23(26)25-12-17-7-5-6-8-18(17)14-30(27,28)24-4/h5-9,11,13,15,24H,10,12,14H2,1-4H3,(H,25,26). The molecule has 2 aromatic carbocycles. The highest BCUT2D eigenvalue weighted by Gasteiger charge is 2.15. The molecule has 1 heterocycles. The number of nitrogens with one attached hydrogen (secondary N) is 2. The van der Waals surface area contributed by atoms with Gasteiger partial charge in [0.2, 0.25) is 15.9 Å². The van der Waals surface area contributed by atoms with Gasteiger partial charge in [-0.25, -0.2) is 13.1 Å². The molecule has 0 unspecified atom stereocenters. The van der Waals surface area contributed by atoms with E-state index in [2.05, 4.69) is 36.9 Å². The molecule has 0 saturated carbocycles. The summed E-state index contributed by atoms with van der Waals surface area (Å²) in [6.07, 6.45) is 1.84. The number of carbonyl (C=O) groups excluding carboxylic acids is 1. The zero-order valence-corrected chi connectivity index (χ0v) is 18.6. The first-order chi connectivity index (χ1) is 14.2. The molecule has 0 aliphatic rings. The van der Waals surface area contributed by atoms with Crippen molar-refractivity contribution in [3.05, 3.63) is 70.5 Å². The first-order valence-corrected chi connectivity index (χ1v) is 11.6. The highest BCUT2D eigenvalue weighted by atomic mass is 32.2. The predicted octanol–water partition coefficient (Wildman–Crippen LogP) is 3.77. The second kappa shape index (κ2) is 9.02. The van der Waals surface area contributed by atoms with Gasteiger partial charge in [-0.2, -0.15) is 0 Å². The Morgan fingerprint density at radius 3 is 2.47 bits per heavy atom. The smallest absolute Gasteiger partial charge is 0.224 e. The average molecular weight is 429 g/mol. The molecule has 1 amide bonds. The summed E-state index contributed by atoms with van der Waals surface area (Å²) in [5.41, 5.74) is 5.48. The number of benzene rings is 2. The third kappa shape index (κ3) is 5.09. The van der Waals surface area contributed by atoms with Crippen molar-refractivity contribution in [1.82, 2.24) is 10.0 Å². The summed E-state index contributed by atoms with van der Waals surface area (Å²) in [4.78, 5) is 12.6. The van der Waals surface area contributed by atoms with E-state index < -0.39 is 10.0 Å². The van der Waals surface area contributed by atoms with Crippen molar-refractivity contribution in [2.24, 2.45) is 0 Å². The maximum Gasteiger partial charge on any atom is 0.224 e.